The van der Waals surface area contributed by atoms with E-state index in [0.29, 0.717) is 15.8 Å². The van der Waals surface area contributed by atoms with E-state index in [9.17, 15) is 5.11 Å². The van der Waals surface area contributed by atoms with Crippen molar-refractivity contribution in [2.75, 3.05) is 23.9 Å². The number of aromatic nitrogens is 2. The van der Waals surface area contributed by atoms with Gasteiger partial charge in [-0.2, -0.15) is 0 Å². The van der Waals surface area contributed by atoms with Crippen LogP contribution in [0.4, 0.5) is 11.4 Å². The molecule has 0 aliphatic carbocycles. The fourth-order valence-corrected chi connectivity index (χ4v) is 5.51. The summed E-state index contributed by atoms with van der Waals surface area (Å²) in [5.41, 5.74) is 6.74. The quantitative estimate of drug-likeness (QED) is 0.312. The van der Waals surface area contributed by atoms with Crippen molar-refractivity contribution in [1.82, 2.24) is 14.9 Å². The maximum absolute atomic E-state index is 10.6. The van der Waals surface area contributed by atoms with E-state index in [2.05, 4.69) is 57.4 Å². The zero-order valence-electron chi connectivity index (χ0n) is 20.6. The molecule has 184 valence electrons. The molecule has 1 saturated heterocycles. The van der Waals surface area contributed by atoms with Gasteiger partial charge in [0.1, 0.15) is 5.75 Å². The number of hydrogen-bond acceptors (Lipinski definition) is 4. The maximum atomic E-state index is 10.6. The molecule has 2 aromatic carbocycles. The molecular formula is C28H28ClN5OS. The van der Waals surface area contributed by atoms with Crippen LogP contribution in [-0.2, 0) is 0 Å². The highest BCUT2D eigenvalue weighted by atomic mass is 35.5. The van der Waals surface area contributed by atoms with E-state index in [1.807, 2.05) is 43.8 Å². The third-order valence-corrected chi connectivity index (χ3v) is 7.26. The number of hydrogen-bond donors (Lipinski definition) is 2. The molecule has 1 fully saturated rings. The molecule has 2 N–H and O–H groups in total. The lowest BCUT2D eigenvalue weighted by molar-refractivity contribution is 0.471. The van der Waals surface area contributed by atoms with E-state index >= 15 is 0 Å². The van der Waals surface area contributed by atoms with Crippen LogP contribution in [0, 0.1) is 13.8 Å². The molecule has 0 saturated carbocycles. The summed E-state index contributed by atoms with van der Waals surface area (Å²) in [4.78, 5) is 8.90. The van der Waals surface area contributed by atoms with E-state index in [-0.39, 0.29) is 17.8 Å². The number of nitrogens with zero attached hydrogens (tertiary/aromatic N) is 4. The van der Waals surface area contributed by atoms with Crippen molar-refractivity contribution in [2.45, 2.75) is 25.9 Å². The summed E-state index contributed by atoms with van der Waals surface area (Å²) in [5.74, 6) is 0.172. The van der Waals surface area contributed by atoms with Gasteiger partial charge in [0.15, 0.2) is 5.11 Å². The van der Waals surface area contributed by atoms with Crippen molar-refractivity contribution in [3.05, 3.63) is 101 Å². The zero-order chi connectivity index (χ0) is 25.6. The molecule has 0 amide bonds. The van der Waals surface area contributed by atoms with E-state index < -0.39 is 0 Å². The van der Waals surface area contributed by atoms with Gasteiger partial charge < -0.3 is 24.8 Å². The molecule has 6 nitrogen and oxygen atoms in total. The van der Waals surface area contributed by atoms with Crippen LogP contribution in [0.1, 0.15) is 34.7 Å². The number of phenolic OH excluding ortho intramolecular Hbond substituents is 1. The highest BCUT2D eigenvalue weighted by Crippen LogP contribution is 2.44. The molecule has 0 unspecified atom stereocenters. The standard InChI is InChI=1S/C28H28ClN5OS/c1-17-15-22(18(2)33(17)24-16-19(29)8-13-25(24)35)27-26(23-7-5-6-14-30-23)31-28(36)34(27)21-11-9-20(10-12-21)32(3)4/h5-16,26-27,35H,1-4H3,(H,31,36)/t26-,27-/m0/s1. The molecule has 0 radical (unpaired) electrons. The zero-order valence-corrected chi connectivity index (χ0v) is 22.2. The van der Waals surface area contributed by atoms with Gasteiger partial charge in [-0.15, -0.1) is 0 Å². The minimum Gasteiger partial charge on any atom is -0.506 e. The van der Waals surface area contributed by atoms with Crippen LogP contribution in [0.2, 0.25) is 5.02 Å². The van der Waals surface area contributed by atoms with E-state index in [0.717, 1.165) is 34.0 Å². The van der Waals surface area contributed by atoms with Crippen LogP contribution in [0.15, 0.2) is 72.9 Å². The minimum atomic E-state index is -0.158. The predicted molar refractivity (Wildman–Crippen MR) is 151 cm³/mol. The smallest absolute Gasteiger partial charge is 0.174 e. The van der Waals surface area contributed by atoms with Crippen molar-refractivity contribution in [3.8, 4) is 11.4 Å². The van der Waals surface area contributed by atoms with Gasteiger partial charge in [0.25, 0.3) is 0 Å². The molecule has 3 heterocycles. The Morgan fingerprint density at radius 3 is 2.44 bits per heavy atom. The Labute approximate surface area is 221 Å². The van der Waals surface area contributed by atoms with E-state index in [1.54, 1.807) is 24.4 Å². The summed E-state index contributed by atoms with van der Waals surface area (Å²) < 4.78 is 2.04. The Morgan fingerprint density at radius 1 is 1.03 bits per heavy atom. The second-order valence-corrected chi connectivity index (χ2v) is 10.0. The Kier molecular flexibility index (Phi) is 6.36. The maximum Gasteiger partial charge on any atom is 0.174 e. The first kappa shape index (κ1) is 24.2. The molecule has 2 aromatic heterocycles. The van der Waals surface area contributed by atoms with Crippen molar-refractivity contribution in [2.24, 2.45) is 0 Å². The normalized spacial score (nSPS) is 17.4. The monoisotopic (exact) mass is 517 g/mol. The van der Waals surface area contributed by atoms with E-state index in [4.69, 9.17) is 23.8 Å². The second kappa shape index (κ2) is 9.48. The molecule has 1 aliphatic heterocycles. The largest absolute Gasteiger partial charge is 0.506 e. The number of nitrogens with one attached hydrogen (secondary N) is 1. The average molecular weight is 518 g/mol. The summed E-state index contributed by atoms with van der Waals surface area (Å²) in [7, 11) is 4.05. The van der Waals surface area contributed by atoms with Crippen molar-refractivity contribution >= 4 is 40.3 Å². The van der Waals surface area contributed by atoms with Crippen LogP contribution < -0.4 is 15.1 Å². The predicted octanol–water partition coefficient (Wildman–Crippen LogP) is 6.09. The number of rotatable bonds is 5. The number of benzene rings is 2. The molecule has 1 aliphatic rings. The lowest BCUT2D eigenvalue weighted by Crippen LogP contribution is -2.29. The average Bonchev–Trinajstić information content (AvgIpc) is 3.36. The van der Waals surface area contributed by atoms with Crippen LogP contribution >= 0.6 is 23.8 Å². The van der Waals surface area contributed by atoms with Crippen molar-refractivity contribution in [1.29, 1.82) is 0 Å². The highest BCUT2D eigenvalue weighted by molar-refractivity contribution is 7.80. The first-order valence-electron chi connectivity index (χ1n) is 11.7. The Bertz CT molecular complexity index is 1420. The van der Waals surface area contributed by atoms with Gasteiger partial charge in [0.2, 0.25) is 0 Å². The molecule has 2 atom stereocenters. The number of anilines is 2. The Balaban J connectivity index is 1.67. The first-order valence-corrected chi connectivity index (χ1v) is 12.5. The lowest BCUT2D eigenvalue weighted by Gasteiger charge is -2.28. The van der Waals surface area contributed by atoms with Crippen LogP contribution in [0.3, 0.4) is 0 Å². The van der Waals surface area contributed by atoms with Gasteiger partial charge in [-0.3, -0.25) is 4.98 Å². The number of thiocarbonyl (C=S) groups is 1. The fourth-order valence-electron chi connectivity index (χ4n) is 4.99. The third-order valence-electron chi connectivity index (χ3n) is 6.71. The highest BCUT2D eigenvalue weighted by Gasteiger charge is 2.42. The number of aromatic hydroxyl groups is 1. The molecule has 8 heteroatoms. The number of aryl methyl sites for hydroxylation is 1. The van der Waals surface area contributed by atoms with Crippen molar-refractivity contribution < 1.29 is 5.11 Å². The van der Waals surface area contributed by atoms with Crippen molar-refractivity contribution in [3.63, 3.8) is 0 Å². The van der Waals surface area contributed by atoms with Gasteiger partial charge in [0.05, 0.1) is 23.5 Å². The lowest BCUT2D eigenvalue weighted by atomic mass is 9.96. The molecule has 36 heavy (non-hydrogen) atoms. The Hall–Kier alpha value is -3.55. The van der Waals surface area contributed by atoms with Crippen LogP contribution in [0.5, 0.6) is 5.75 Å². The van der Waals surface area contributed by atoms with Gasteiger partial charge in [0, 0.05) is 48.1 Å². The summed E-state index contributed by atoms with van der Waals surface area (Å²) >= 11 is 12.2. The summed E-state index contributed by atoms with van der Waals surface area (Å²) in [6.45, 7) is 4.09. The number of pyridine rings is 1. The number of phenols is 1. The summed E-state index contributed by atoms with van der Waals surface area (Å²) in [6.07, 6.45) is 1.80. The molecule has 5 rings (SSSR count). The topological polar surface area (TPSA) is 56.6 Å². The number of halogens is 1. The van der Waals surface area contributed by atoms with Gasteiger partial charge in [-0.05, 0) is 92.3 Å². The first-order chi connectivity index (χ1) is 17.3. The molecule has 4 aromatic rings. The fraction of sp³-hybridized carbons (Fsp3) is 0.214. The van der Waals surface area contributed by atoms with Gasteiger partial charge in [-0.1, -0.05) is 17.7 Å². The molecule has 0 spiro atoms. The van der Waals surface area contributed by atoms with Crippen LogP contribution in [0.25, 0.3) is 5.69 Å². The SMILES string of the molecule is Cc1cc([C@H]2[C@H](c3ccccn3)NC(=S)N2c2ccc(N(C)C)cc2)c(C)n1-c1cc(Cl)ccc1O. The van der Waals surface area contributed by atoms with Gasteiger partial charge in [-0.25, -0.2) is 0 Å². The summed E-state index contributed by atoms with van der Waals surface area (Å²) in [6, 6.07) is 21.2. The molecular weight excluding hydrogens is 490 g/mol. The third kappa shape index (κ3) is 4.18. The summed E-state index contributed by atoms with van der Waals surface area (Å²) in [5, 5.41) is 15.4. The second-order valence-electron chi connectivity index (χ2n) is 9.20. The molecule has 0 bridgehead atoms. The van der Waals surface area contributed by atoms with E-state index in [1.165, 1.54) is 0 Å². The minimum absolute atomic E-state index is 0.154. The Morgan fingerprint density at radius 2 is 1.78 bits per heavy atom. The van der Waals surface area contributed by atoms with Crippen LogP contribution in [-0.4, -0.2) is 33.9 Å². The van der Waals surface area contributed by atoms with Gasteiger partial charge >= 0.3 is 0 Å².